The molecular formula is C26H48N+. The third-order valence-electron chi connectivity index (χ3n) is 5.76. The standard InChI is InChI=1S/C26H48N/c1-3-5-7-9-10-11-12-13-14-15-17-19-23-27-24-20-22-26(25-27)21-18-16-8-6-4-2/h20,22,24-25H,3-19,21,23H2,1-2H3/q+1. The molecule has 0 atom stereocenters. The molecule has 0 bridgehead atoms. The summed E-state index contributed by atoms with van der Waals surface area (Å²) in [6.45, 7) is 5.78. The normalized spacial score (nSPS) is 11.2. The van der Waals surface area contributed by atoms with Gasteiger partial charge in [-0.2, -0.15) is 0 Å². The number of aromatic nitrogens is 1. The Morgan fingerprint density at radius 3 is 1.63 bits per heavy atom. The highest BCUT2D eigenvalue weighted by molar-refractivity contribution is 5.05. The fraction of sp³-hybridized carbons (Fsp3) is 0.808. The Hall–Kier alpha value is -0.850. The molecule has 156 valence electrons. The second kappa shape index (κ2) is 18.5. The first-order valence-corrected chi connectivity index (χ1v) is 12.3. The molecule has 0 saturated heterocycles. The molecule has 0 aliphatic heterocycles. The van der Waals surface area contributed by atoms with E-state index in [2.05, 4.69) is 42.9 Å². The van der Waals surface area contributed by atoms with Crippen LogP contribution in [0.25, 0.3) is 0 Å². The summed E-state index contributed by atoms with van der Waals surface area (Å²) in [6.07, 6.45) is 29.9. The summed E-state index contributed by atoms with van der Waals surface area (Å²) < 4.78 is 2.41. The molecule has 0 fully saturated rings. The van der Waals surface area contributed by atoms with Crippen molar-refractivity contribution in [3.63, 3.8) is 0 Å². The zero-order valence-corrected chi connectivity index (χ0v) is 18.7. The number of pyridine rings is 1. The van der Waals surface area contributed by atoms with E-state index in [9.17, 15) is 0 Å². The maximum Gasteiger partial charge on any atom is 0.171 e. The van der Waals surface area contributed by atoms with E-state index in [-0.39, 0.29) is 0 Å². The third kappa shape index (κ3) is 14.8. The van der Waals surface area contributed by atoms with Gasteiger partial charge in [-0.1, -0.05) is 104 Å². The van der Waals surface area contributed by atoms with Crippen molar-refractivity contribution in [2.75, 3.05) is 0 Å². The minimum Gasteiger partial charge on any atom is -0.205 e. The summed E-state index contributed by atoms with van der Waals surface area (Å²) >= 11 is 0. The first-order chi connectivity index (χ1) is 13.4. The molecule has 1 rings (SSSR count). The van der Waals surface area contributed by atoms with Crippen LogP contribution in [-0.4, -0.2) is 0 Å². The predicted octanol–water partition coefficient (Wildman–Crippen LogP) is 8.19. The van der Waals surface area contributed by atoms with E-state index in [1.54, 1.807) is 0 Å². The molecule has 1 nitrogen and oxygen atoms in total. The summed E-state index contributed by atoms with van der Waals surface area (Å²) in [7, 11) is 0. The van der Waals surface area contributed by atoms with Crippen LogP contribution >= 0.6 is 0 Å². The van der Waals surface area contributed by atoms with Gasteiger partial charge in [0.05, 0.1) is 0 Å². The van der Waals surface area contributed by atoms with E-state index in [0.29, 0.717) is 0 Å². The van der Waals surface area contributed by atoms with Crippen LogP contribution in [0, 0.1) is 0 Å². The Labute approximate surface area is 171 Å². The third-order valence-corrected chi connectivity index (χ3v) is 5.76. The molecule has 1 aromatic heterocycles. The van der Waals surface area contributed by atoms with Gasteiger partial charge in [-0.25, -0.2) is 4.57 Å². The number of unbranched alkanes of at least 4 members (excludes halogenated alkanes) is 15. The van der Waals surface area contributed by atoms with Gasteiger partial charge in [0.1, 0.15) is 6.54 Å². The molecule has 0 amide bonds. The van der Waals surface area contributed by atoms with Crippen molar-refractivity contribution in [1.29, 1.82) is 0 Å². The molecule has 0 aliphatic carbocycles. The topological polar surface area (TPSA) is 3.88 Å². The summed E-state index contributed by atoms with van der Waals surface area (Å²) in [5, 5.41) is 0. The molecule has 0 spiro atoms. The van der Waals surface area contributed by atoms with Crippen molar-refractivity contribution in [3.8, 4) is 0 Å². The zero-order chi connectivity index (χ0) is 19.4. The predicted molar refractivity (Wildman–Crippen MR) is 120 cm³/mol. The van der Waals surface area contributed by atoms with Crippen LogP contribution in [0.5, 0.6) is 0 Å². The Morgan fingerprint density at radius 1 is 0.593 bits per heavy atom. The lowest BCUT2D eigenvalue weighted by atomic mass is 10.1. The fourth-order valence-electron chi connectivity index (χ4n) is 3.93. The molecule has 0 unspecified atom stereocenters. The Morgan fingerprint density at radius 2 is 1.07 bits per heavy atom. The van der Waals surface area contributed by atoms with Gasteiger partial charge >= 0.3 is 0 Å². The first-order valence-electron chi connectivity index (χ1n) is 12.3. The molecule has 1 aromatic rings. The molecule has 0 saturated carbocycles. The van der Waals surface area contributed by atoms with Gasteiger partial charge in [0.2, 0.25) is 0 Å². The van der Waals surface area contributed by atoms with Crippen LogP contribution < -0.4 is 4.57 Å². The Kier molecular flexibility index (Phi) is 16.6. The number of hydrogen-bond donors (Lipinski definition) is 0. The Balaban J connectivity index is 1.96. The van der Waals surface area contributed by atoms with Crippen LogP contribution in [0.1, 0.15) is 129 Å². The van der Waals surface area contributed by atoms with E-state index >= 15 is 0 Å². The highest BCUT2D eigenvalue weighted by atomic mass is 14.9. The van der Waals surface area contributed by atoms with Crippen LogP contribution in [0.15, 0.2) is 24.5 Å². The lowest BCUT2D eigenvalue weighted by Crippen LogP contribution is -2.33. The number of hydrogen-bond acceptors (Lipinski definition) is 0. The van der Waals surface area contributed by atoms with E-state index in [1.165, 1.54) is 128 Å². The lowest BCUT2D eigenvalue weighted by molar-refractivity contribution is -0.697. The average Bonchev–Trinajstić information content (AvgIpc) is 2.69. The molecule has 0 N–H and O–H groups in total. The van der Waals surface area contributed by atoms with Gasteiger partial charge in [-0.3, -0.25) is 0 Å². The maximum atomic E-state index is 2.41. The SMILES string of the molecule is CCCCCCCCCCCCCC[n+]1cccc(CCCCCCC)c1. The van der Waals surface area contributed by atoms with Crippen molar-refractivity contribution in [2.24, 2.45) is 0 Å². The fourth-order valence-corrected chi connectivity index (χ4v) is 3.93. The number of nitrogens with zero attached hydrogens (tertiary/aromatic N) is 1. The van der Waals surface area contributed by atoms with Gasteiger partial charge in [-0.05, 0) is 25.3 Å². The quantitative estimate of drug-likeness (QED) is 0.170. The average molecular weight is 375 g/mol. The maximum absolute atomic E-state index is 2.41. The van der Waals surface area contributed by atoms with Crippen LogP contribution in [-0.2, 0) is 13.0 Å². The van der Waals surface area contributed by atoms with Crippen LogP contribution in [0.3, 0.4) is 0 Å². The summed E-state index contributed by atoms with van der Waals surface area (Å²) in [6, 6.07) is 4.54. The molecule has 0 radical (unpaired) electrons. The van der Waals surface area contributed by atoms with Crippen molar-refractivity contribution in [3.05, 3.63) is 30.1 Å². The minimum absolute atomic E-state index is 1.20. The van der Waals surface area contributed by atoms with Gasteiger partial charge in [0.15, 0.2) is 12.4 Å². The monoisotopic (exact) mass is 374 g/mol. The number of rotatable bonds is 19. The van der Waals surface area contributed by atoms with E-state index in [0.717, 1.165) is 0 Å². The molecule has 0 aliphatic rings. The summed E-state index contributed by atoms with van der Waals surface area (Å²) in [5.41, 5.74) is 1.52. The first kappa shape index (κ1) is 24.2. The highest BCUT2D eigenvalue weighted by Crippen LogP contribution is 2.12. The lowest BCUT2D eigenvalue weighted by Gasteiger charge is -2.03. The molecule has 27 heavy (non-hydrogen) atoms. The molecule has 0 aromatic carbocycles. The van der Waals surface area contributed by atoms with Gasteiger partial charge in [-0.15, -0.1) is 0 Å². The second-order valence-electron chi connectivity index (χ2n) is 8.50. The van der Waals surface area contributed by atoms with Crippen LogP contribution in [0.4, 0.5) is 0 Å². The molecular weight excluding hydrogens is 326 g/mol. The van der Waals surface area contributed by atoms with Crippen molar-refractivity contribution >= 4 is 0 Å². The minimum atomic E-state index is 1.20. The summed E-state index contributed by atoms with van der Waals surface area (Å²) in [5.74, 6) is 0. The van der Waals surface area contributed by atoms with E-state index in [4.69, 9.17) is 0 Å². The van der Waals surface area contributed by atoms with Crippen molar-refractivity contribution in [2.45, 2.75) is 136 Å². The highest BCUT2D eigenvalue weighted by Gasteiger charge is 2.03. The smallest absolute Gasteiger partial charge is 0.171 e. The largest absolute Gasteiger partial charge is 0.205 e. The Bertz CT molecular complexity index is 426. The van der Waals surface area contributed by atoms with E-state index in [1.807, 2.05) is 0 Å². The van der Waals surface area contributed by atoms with Crippen molar-refractivity contribution < 1.29 is 4.57 Å². The van der Waals surface area contributed by atoms with Gasteiger partial charge < -0.3 is 0 Å². The summed E-state index contributed by atoms with van der Waals surface area (Å²) in [4.78, 5) is 0. The number of aryl methyl sites for hydroxylation is 2. The van der Waals surface area contributed by atoms with Gasteiger partial charge in [0.25, 0.3) is 0 Å². The van der Waals surface area contributed by atoms with E-state index < -0.39 is 0 Å². The molecule has 1 heterocycles. The van der Waals surface area contributed by atoms with Gasteiger partial charge in [0, 0.05) is 18.1 Å². The van der Waals surface area contributed by atoms with Crippen molar-refractivity contribution in [1.82, 2.24) is 0 Å². The zero-order valence-electron chi connectivity index (χ0n) is 18.7. The second-order valence-corrected chi connectivity index (χ2v) is 8.50. The van der Waals surface area contributed by atoms with Crippen LogP contribution in [0.2, 0.25) is 0 Å². The molecule has 1 heteroatoms.